The third kappa shape index (κ3) is 6.35. The summed E-state index contributed by atoms with van der Waals surface area (Å²) in [5, 5.41) is 94.0. The van der Waals surface area contributed by atoms with Crippen molar-refractivity contribution in [1.82, 2.24) is 0 Å². The van der Waals surface area contributed by atoms with Crippen LogP contribution in [0.2, 0.25) is 0 Å². The lowest BCUT2D eigenvalue weighted by molar-refractivity contribution is -0.338. The molecule has 0 bridgehead atoms. The van der Waals surface area contributed by atoms with E-state index in [4.69, 9.17) is 28.4 Å². The lowest BCUT2D eigenvalue weighted by atomic mass is 9.43. The molecular formula is C39H64O15. The molecule has 0 aromatic rings. The maximum absolute atomic E-state index is 11.9. The van der Waals surface area contributed by atoms with E-state index in [1.165, 1.54) is 0 Å². The van der Waals surface area contributed by atoms with Gasteiger partial charge in [-0.25, -0.2) is 0 Å². The second-order valence-corrected chi connectivity index (χ2v) is 18.8. The summed E-state index contributed by atoms with van der Waals surface area (Å²) < 4.78 is 36.6. The van der Waals surface area contributed by atoms with Gasteiger partial charge in [-0.2, -0.15) is 0 Å². The van der Waals surface area contributed by atoms with Crippen molar-refractivity contribution in [3.8, 4) is 0 Å². The number of hydrogen-bond donors (Lipinski definition) is 9. The van der Waals surface area contributed by atoms with Crippen LogP contribution in [0, 0.1) is 52.3 Å². The monoisotopic (exact) mass is 772 g/mol. The van der Waals surface area contributed by atoms with Gasteiger partial charge in [-0.05, 0) is 91.8 Å². The van der Waals surface area contributed by atoms with Crippen LogP contribution >= 0.6 is 0 Å². The Morgan fingerprint density at radius 3 is 2.04 bits per heavy atom. The molecule has 0 radical (unpaired) electrons. The molecule has 8 rings (SSSR count). The van der Waals surface area contributed by atoms with E-state index in [-0.39, 0.29) is 47.4 Å². The highest BCUT2D eigenvalue weighted by molar-refractivity contribution is 5.16. The highest BCUT2D eigenvalue weighted by Crippen LogP contribution is 2.71. The van der Waals surface area contributed by atoms with Crippen LogP contribution < -0.4 is 0 Å². The first-order valence-electron chi connectivity index (χ1n) is 20.5. The molecule has 54 heavy (non-hydrogen) atoms. The maximum Gasteiger partial charge on any atom is 0.186 e. The molecule has 23 atom stereocenters. The van der Waals surface area contributed by atoms with Gasteiger partial charge in [0.15, 0.2) is 18.4 Å². The molecule has 0 aromatic carbocycles. The highest BCUT2D eigenvalue weighted by atomic mass is 16.7. The Morgan fingerprint density at radius 1 is 0.667 bits per heavy atom. The summed E-state index contributed by atoms with van der Waals surface area (Å²) in [7, 11) is 0. The predicted octanol–water partition coefficient (Wildman–Crippen LogP) is -0.615. The van der Waals surface area contributed by atoms with Crippen LogP contribution in [0.3, 0.4) is 0 Å². The molecule has 0 amide bonds. The van der Waals surface area contributed by atoms with E-state index in [1.807, 2.05) is 0 Å². The van der Waals surface area contributed by atoms with Gasteiger partial charge in [0.25, 0.3) is 0 Å². The fraction of sp³-hybridized carbons (Fsp3) is 1.00. The summed E-state index contributed by atoms with van der Waals surface area (Å²) in [6, 6.07) is 0. The molecule has 8 aliphatic rings. The van der Waals surface area contributed by atoms with Gasteiger partial charge < -0.3 is 74.4 Å². The Labute approximate surface area is 316 Å². The third-order valence-corrected chi connectivity index (χ3v) is 16.3. The van der Waals surface area contributed by atoms with E-state index >= 15 is 0 Å². The summed E-state index contributed by atoms with van der Waals surface area (Å²) in [5.41, 5.74) is -0.0116. The van der Waals surface area contributed by atoms with Crippen LogP contribution in [0.25, 0.3) is 0 Å². The van der Waals surface area contributed by atoms with Gasteiger partial charge >= 0.3 is 0 Å². The maximum atomic E-state index is 11.9. The average molecular weight is 773 g/mol. The molecule has 15 heteroatoms. The molecular weight excluding hydrogens is 708 g/mol. The van der Waals surface area contributed by atoms with Crippen LogP contribution in [0.5, 0.6) is 0 Å². The number of rotatable bonds is 7. The number of ether oxygens (including phenoxy) is 6. The van der Waals surface area contributed by atoms with E-state index < -0.39 is 86.5 Å². The van der Waals surface area contributed by atoms with Gasteiger partial charge in [0.2, 0.25) is 0 Å². The minimum Gasteiger partial charge on any atom is -0.396 e. The topological polar surface area (TPSA) is 237 Å². The molecule has 15 nitrogen and oxygen atoms in total. The first-order valence-corrected chi connectivity index (χ1v) is 20.5. The summed E-state index contributed by atoms with van der Waals surface area (Å²) in [6.07, 6.45) is -7.90. The van der Waals surface area contributed by atoms with Crippen molar-refractivity contribution in [2.45, 2.75) is 164 Å². The molecule has 4 saturated heterocycles. The lowest BCUT2D eigenvalue weighted by Gasteiger charge is -2.62. The molecule has 4 heterocycles. The number of aliphatic hydroxyl groups is 9. The predicted molar refractivity (Wildman–Crippen MR) is 186 cm³/mol. The van der Waals surface area contributed by atoms with Gasteiger partial charge in [-0.1, -0.05) is 20.8 Å². The SMILES string of the molecule is C[C@H]1[C@H]2[C@H](C[C@H]3[C@@H]4C[C@H](O)[C@H]5C[C@@H](O[C@@H]6O[C@H](CO[C@@H]7O[C@H](CO)C(O)C(O)C7O)[C@@H](O)[C@H](O)[C@H]6O)CC[C@]5(C)[C@H]4CC[C@]23C)O[C@]12CC[C@@H](CO)CO2. The minimum absolute atomic E-state index is 0.0297. The second-order valence-electron chi connectivity index (χ2n) is 18.8. The normalized spacial score (nSPS) is 58.7. The van der Waals surface area contributed by atoms with Crippen LogP contribution in [0.1, 0.15) is 78.6 Å². The van der Waals surface area contributed by atoms with E-state index in [0.29, 0.717) is 43.1 Å². The number of aliphatic hydroxyl groups excluding tert-OH is 9. The van der Waals surface area contributed by atoms with Crippen molar-refractivity contribution < 1.29 is 74.4 Å². The van der Waals surface area contributed by atoms with Gasteiger partial charge in [-0.15, -0.1) is 0 Å². The van der Waals surface area contributed by atoms with Gasteiger partial charge in [0.05, 0.1) is 38.1 Å². The largest absolute Gasteiger partial charge is 0.396 e. The summed E-state index contributed by atoms with van der Waals surface area (Å²) >= 11 is 0. The fourth-order valence-electron chi connectivity index (χ4n) is 13.2. The zero-order chi connectivity index (χ0) is 38.5. The zero-order valence-electron chi connectivity index (χ0n) is 31.7. The Balaban J connectivity index is 0.901. The van der Waals surface area contributed by atoms with Crippen molar-refractivity contribution in [1.29, 1.82) is 0 Å². The summed E-state index contributed by atoms with van der Waals surface area (Å²) in [5.74, 6) is 1.51. The molecule has 4 saturated carbocycles. The first kappa shape index (κ1) is 40.2. The Kier molecular flexibility index (Phi) is 11.1. The number of hydrogen-bond acceptors (Lipinski definition) is 15. The molecule has 3 unspecified atom stereocenters. The second kappa shape index (κ2) is 14.9. The quantitative estimate of drug-likeness (QED) is 0.147. The summed E-state index contributed by atoms with van der Waals surface area (Å²) in [4.78, 5) is 0. The van der Waals surface area contributed by atoms with Crippen molar-refractivity contribution in [2.75, 3.05) is 26.4 Å². The first-order chi connectivity index (χ1) is 25.7. The van der Waals surface area contributed by atoms with E-state index in [9.17, 15) is 46.0 Å². The zero-order valence-corrected chi connectivity index (χ0v) is 31.7. The smallest absolute Gasteiger partial charge is 0.186 e. The Morgan fingerprint density at radius 2 is 1.35 bits per heavy atom. The Bertz CT molecular complexity index is 1310. The van der Waals surface area contributed by atoms with E-state index in [2.05, 4.69) is 20.8 Å². The van der Waals surface area contributed by atoms with E-state index in [1.54, 1.807) is 0 Å². The van der Waals surface area contributed by atoms with Gasteiger partial charge in [-0.3, -0.25) is 0 Å². The standard InChI is InChI=1S/C39H64O15/c1-17-28-25(54-39(17)9-4-18(13-40)15-50-39)12-22-20-11-24(42)23-10-19(5-7-37(23,2)21(20)6-8-38(22,28)3)51-36-34(48)32(46)30(44)27(53-36)16-49-35-33(47)31(45)29(43)26(14-41)52-35/h17-36,40-48H,4-16H2,1-3H3/t17-,18-,19-,20+,21-,22-,23+,24-,25-,26+,27+,28-,29?,30+,31?,32-,33?,34+,35+,36+,37+,38-,39+/m0/s1. The minimum atomic E-state index is -1.66. The average Bonchev–Trinajstić information content (AvgIpc) is 3.60. The van der Waals surface area contributed by atoms with Crippen molar-refractivity contribution in [2.24, 2.45) is 52.3 Å². The van der Waals surface area contributed by atoms with Crippen LogP contribution in [0.15, 0.2) is 0 Å². The molecule has 9 N–H and O–H groups in total. The van der Waals surface area contributed by atoms with Crippen molar-refractivity contribution in [3.63, 3.8) is 0 Å². The van der Waals surface area contributed by atoms with Gasteiger partial charge in [0.1, 0.15) is 48.8 Å². The fourth-order valence-corrected chi connectivity index (χ4v) is 13.2. The van der Waals surface area contributed by atoms with Crippen molar-refractivity contribution >= 4 is 0 Å². The Hall–Kier alpha value is -0.600. The molecule has 4 aliphatic carbocycles. The van der Waals surface area contributed by atoms with E-state index in [0.717, 1.165) is 44.9 Å². The molecule has 310 valence electrons. The summed E-state index contributed by atoms with van der Waals surface area (Å²) in [6.45, 7) is 6.73. The molecule has 8 fully saturated rings. The van der Waals surface area contributed by atoms with Gasteiger partial charge in [0, 0.05) is 24.9 Å². The third-order valence-electron chi connectivity index (χ3n) is 16.3. The van der Waals surface area contributed by atoms with Crippen LogP contribution in [-0.2, 0) is 28.4 Å². The molecule has 4 aliphatic heterocycles. The lowest BCUT2D eigenvalue weighted by Crippen LogP contribution is -2.62. The highest BCUT2D eigenvalue weighted by Gasteiger charge is 2.70. The van der Waals surface area contributed by atoms with Crippen molar-refractivity contribution in [3.05, 3.63) is 0 Å². The number of fused-ring (bicyclic) bond motifs is 7. The molecule has 1 spiro atoms. The van der Waals surface area contributed by atoms with Crippen LogP contribution in [0.4, 0.5) is 0 Å². The van der Waals surface area contributed by atoms with Crippen LogP contribution in [-0.4, -0.2) is 158 Å². The molecule has 0 aromatic heterocycles.